The molecule has 0 aromatic heterocycles. The van der Waals surface area contributed by atoms with Crippen LogP contribution in [-0.4, -0.2) is 42.3 Å². The van der Waals surface area contributed by atoms with Crippen molar-refractivity contribution in [3.63, 3.8) is 0 Å². The van der Waals surface area contributed by atoms with E-state index in [9.17, 15) is 4.79 Å². The van der Waals surface area contributed by atoms with Crippen molar-refractivity contribution >= 4 is 63.7 Å². The summed E-state index contributed by atoms with van der Waals surface area (Å²) in [5, 5.41) is 8.69. The minimum Gasteiger partial charge on any atom is -0.493 e. The maximum absolute atomic E-state index is 12.9. The number of nitrogens with one attached hydrogen (secondary N) is 3. The van der Waals surface area contributed by atoms with E-state index in [2.05, 4.69) is 16.0 Å². The molecule has 3 N–H and O–H groups in total. The molecule has 2 aromatic rings. The Labute approximate surface area is 207 Å². The molecule has 0 heterocycles. The van der Waals surface area contributed by atoms with Crippen LogP contribution in [0.3, 0.4) is 0 Å². The first-order valence-electron chi connectivity index (χ1n) is 9.32. The Balaban J connectivity index is 2.23. The summed E-state index contributed by atoms with van der Waals surface area (Å²) in [6, 6.07) is 8.84. The second kappa shape index (κ2) is 11.1. The summed E-state index contributed by atoms with van der Waals surface area (Å²) >= 11 is 23.6. The number of amides is 1. The van der Waals surface area contributed by atoms with Gasteiger partial charge in [0.15, 0.2) is 16.6 Å². The predicted octanol–water partition coefficient (Wildman–Crippen LogP) is 4.74. The maximum Gasteiger partial charge on any atom is 0.253 e. The number of anilines is 1. The highest BCUT2D eigenvalue weighted by atomic mass is 35.6. The molecule has 0 unspecified atom stereocenters. The van der Waals surface area contributed by atoms with E-state index < -0.39 is 15.9 Å². The van der Waals surface area contributed by atoms with Crippen LogP contribution in [0.15, 0.2) is 30.3 Å². The summed E-state index contributed by atoms with van der Waals surface area (Å²) in [4.78, 5) is 12.9. The lowest BCUT2D eigenvalue weighted by atomic mass is 10.1. The number of carbonyl (C=O) groups excluding carboxylic acids is 1. The molecule has 2 rings (SSSR count). The van der Waals surface area contributed by atoms with Gasteiger partial charge in [-0.05, 0) is 55.4 Å². The quantitative estimate of drug-likeness (QED) is 0.276. The van der Waals surface area contributed by atoms with E-state index in [0.29, 0.717) is 17.2 Å². The van der Waals surface area contributed by atoms with Crippen molar-refractivity contribution in [2.75, 3.05) is 26.6 Å². The smallest absolute Gasteiger partial charge is 0.253 e. The number of hydrogen-bond acceptors (Lipinski definition) is 5. The second-order valence-corrected chi connectivity index (χ2v) is 9.56. The van der Waals surface area contributed by atoms with E-state index in [4.69, 9.17) is 61.2 Å². The minimum absolute atomic E-state index is 0.167. The maximum atomic E-state index is 12.9. The average Bonchev–Trinajstić information content (AvgIpc) is 2.73. The number of ether oxygens (including phenoxy) is 3. The van der Waals surface area contributed by atoms with Crippen LogP contribution in [0.2, 0.25) is 0 Å². The van der Waals surface area contributed by atoms with E-state index in [-0.39, 0.29) is 10.7 Å². The highest BCUT2D eigenvalue weighted by molar-refractivity contribution is 7.80. The van der Waals surface area contributed by atoms with Crippen LogP contribution in [0, 0.1) is 13.8 Å². The molecule has 0 saturated heterocycles. The monoisotopic (exact) mass is 519 g/mol. The van der Waals surface area contributed by atoms with E-state index >= 15 is 0 Å². The molecule has 0 aliphatic rings. The van der Waals surface area contributed by atoms with Crippen LogP contribution in [0.1, 0.15) is 21.5 Å². The third-order valence-corrected chi connectivity index (χ3v) is 5.32. The molecule has 0 aliphatic heterocycles. The van der Waals surface area contributed by atoms with E-state index in [0.717, 1.165) is 16.8 Å². The van der Waals surface area contributed by atoms with Gasteiger partial charge in [-0.2, -0.15) is 0 Å². The van der Waals surface area contributed by atoms with E-state index in [1.54, 1.807) is 0 Å². The molecule has 1 amide bonds. The lowest BCUT2D eigenvalue weighted by molar-refractivity contribution is 0.0933. The van der Waals surface area contributed by atoms with Gasteiger partial charge < -0.3 is 30.2 Å². The number of benzene rings is 2. The van der Waals surface area contributed by atoms with Crippen molar-refractivity contribution in [1.29, 1.82) is 0 Å². The van der Waals surface area contributed by atoms with Crippen LogP contribution < -0.4 is 30.2 Å². The number of carbonyl (C=O) groups is 1. The molecule has 32 heavy (non-hydrogen) atoms. The van der Waals surface area contributed by atoms with Crippen LogP contribution in [0.25, 0.3) is 0 Å². The number of alkyl halides is 3. The molecule has 0 fully saturated rings. The van der Waals surface area contributed by atoms with Gasteiger partial charge in [0.05, 0.1) is 21.3 Å². The van der Waals surface area contributed by atoms with Gasteiger partial charge in [0.25, 0.3) is 5.91 Å². The van der Waals surface area contributed by atoms with Gasteiger partial charge in [0, 0.05) is 11.3 Å². The molecule has 0 bridgehead atoms. The molecule has 0 spiro atoms. The van der Waals surface area contributed by atoms with Gasteiger partial charge in [0.1, 0.15) is 6.17 Å². The Kier molecular flexibility index (Phi) is 9.09. The highest BCUT2D eigenvalue weighted by Crippen LogP contribution is 2.38. The van der Waals surface area contributed by atoms with Crippen LogP contribution in [0.5, 0.6) is 17.2 Å². The van der Waals surface area contributed by atoms with Gasteiger partial charge in [-0.1, -0.05) is 46.9 Å². The highest BCUT2D eigenvalue weighted by Gasteiger charge is 2.35. The SMILES string of the molecule is COc1cc(C(=O)N[C@H](NC(=S)Nc2cc(C)ccc2C)C(Cl)(Cl)Cl)cc(OC)c1OC. The Morgan fingerprint density at radius 1 is 0.969 bits per heavy atom. The van der Waals surface area contributed by atoms with Gasteiger partial charge >= 0.3 is 0 Å². The lowest BCUT2D eigenvalue weighted by Gasteiger charge is -2.28. The third-order valence-electron chi connectivity index (χ3n) is 4.45. The average molecular weight is 521 g/mol. The normalized spacial score (nSPS) is 11.9. The van der Waals surface area contributed by atoms with Crippen LogP contribution >= 0.6 is 47.0 Å². The fourth-order valence-corrected chi connectivity index (χ4v) is 3.34. The molecule has 2 aromatic carbocycles. The summed E-state index contributed by atoms with van der Waals surface area (Å²) in [6.45, 7) is 3.89. The van der Waals surface area contributed by atoms with Gasteiger partial charge in [0.2, 0.25) is 9.54 Å². The summed E-state index contributed by atoms with van der Waals surface area (Å²) < 4.78 is 13.9. The number of rotatable bonds is 7. The number of halogens is 3. The largest absolute Gasteiger partial charge is 0.493 e. The Morgan fingerprint density at radius 3 is 2.06 bits per heavy atom. The fourth-order valence-electron chi connectivity index (χ4n) is 2.79. The standard InChI is InChI=1S/C21H24Cl3N3O4S/c1-11-6-7-12(2)14(8-11)25-20(32)27-19(21(22,23)24)26-18(28)13-9-15(29-3)17(31-5)16(10-13)30-4/h6-10,19H,1-5H3,(H,26,28)(H2,25,27,32)/t19-/m1/s1. The number of aryl methyl sites for hydroxylation is 2. The predicted molar refractivity (Wildman–Crippen MR) is 133 cm³/mol. The summed E-state index contributed by atoms with van der Waals surface area (Å²) in [5.74, 6) is 0.411. The summed E-state index contributed by atoms with van der Waals surface area (Å²) in [6.07, 6.45) is -1.15. The number of methoxy groups -OCH3 is 3. The molecular weight excluding hydrogens is 497 g/mol. The van der Waals surface area contributed by atoms with Gasteiger partial charge in [-0.25, -0.2) is 0 Å². The molecule has 7 nitrogen and oxygen atoms in total. The van der Waals surface area contributed by atoms with Gasteiger partial charge in [-0.3, -0.25) is 4.79 Å². The third kappa shape index (κ3) is 6.68. The van der Waals surface area contributed by atoms with Crippen molar-refractivity contribution in [3.8, 4) is 17.2 Å². The topological polar surface area (TPSA) is 80.9 Å². The van der Waals surface area contributed by atoms with Crippen LogP contribution in [-0.2, 0) is 0 Å². The molecule has 174 valence electrons. The molecule has 0 saturated carbocycles. The van der Waals surface area contributed by atoms with E-state index in [1.807, 2.05) is 32.0 Å². The van der Waals surface area contributed by atoms with Crippen molar-refractivity contribution in [3.05, 3.63) is 47.0 Å². The zero-order valence-corrected chi connectivity index (χ0v) is 21.2. The second-order valence-electron chi connectivity index (χ2n) is 6.78. The molecule has 0 radical (unpaired) electrons. The van der Waals surface area contributed by atoms with Gasteiger partial charge in [-0.15, -0.1) is 0 Å². The first kappa shape index (κ1) is 26.1. The van der Waals surface area contributed by atoms with Crippen molar-refractivity contribution in [2.45, 2.75) is 23.8 Å². The molecule has 11 heteroatoms. The summed E-state index contributed by atoms with van der Waals surface area (Å²) in [5.41, 5.74) is 3.02. The summed E-state index contributed by atoms with van der Waals surface area (Å²) in [7, 11) is 4.36. The first-order valence-corrected chi connectivity index (χ1v) is 10.9. The van der Waals surface area contributed by atoms with E-state index in [1.165, 1.54) is 33.5 Å². The van der Waals surface area contributed by atoms with Crippen molar-refractivity contribution < 1.29 is 19.0 Å². The Hall–Kier alpha value is -2.13. The van der Waals surface area contributed by atoms with Crippen molar-refractivity contribution in [1.82, 2.24) is 10.6 Å². The van der Waals surface area contributed by atoms with Crippen molar-refractivity contribution in [2.24, 2.45) is 0 Å². The Bertz CT molecular complexity index is 974. The zero-order valence-electron chi connectivity index (χ0n) is 18.1. The number of hydrogen-bond donors (Lipinski definition) is 3. The molecule has 0 aliphatic carbocycles. The Morgan fingerprint density at radius 2 is 1.56 bits per heavy atom. The first-order chi connectivity index (χ1) is 15.0. The number of thiocarbonyl (C=S) groups is 1. The molecular formula is C21H24Cl3N3O4S. The van der Waals surface area contributed by atoms with Crippen LogP contribution in [0.4, 0.5) is 5.69 Å². The minimum atomic E-state index is -1.91. The molecule has 1 atom stereocenters. The zero-order chi connectivity index (χ0) is 24.1. The fraction of sp³-hybridized carbons (Fsp3) is 0.333. The lowest BCUT2D eigenvalue weighted by Crippen LogP contribution is -2.56.